The summed E-state index contributed by atoms with van der Waals surface area (Å²) in [7, 11) is 1.76. The molecular formula is C11H14O3. The van der Waals surface area contributed by atoms with E-state index in [1.807, 2.05) is 0 Å². The Kier molecular flexibility index (Phi) is 1.09. The molecular weight excluding hydrogens is 180 g/mol. The molecule has 4 aliphatic rings. The minimum atomic E-state index is -0.415. The van der Waals surface area contributed by atoms with Gasteiger partial charge < -0.3 is 14.2 Å². The molecule has 0 aromatic heterocycles. The lowest BCUT2D eigenvalue weighted by atomic mass is 9.73. The van der Waals surface area contributed by atoms with Gasteiger partial charge >= 0.3 is 0 Å². The van der Waals surface area contributed by atoms with E-state index in [0.717, 1.165) is 6.61 Å². The first-order valence-corrected chi connectivity index (χ1v) is 5.30. The van der Waals surface area contributed by atoms with Gasteiger partial charge in [-0.2, -0.15) is 0 Å². The lowest BCUT2D eigenvalue weighted by Gasteiger charge is -2.31. The van der Waals surface area contributed by atoms with E-state index in [-0.39, 0.29) is 11.0 Å². The van der Waals surface area contributed by atoms with Crippen LogP contribution in [0.4, 0.5) is 0 Å². The van der Waals surface area contributed by atoms with Gasteiger partial charge in [0, 0.05) is 18.4 Å². The van der Waals surface area contributed by atoms with E-state index in [0.29, 0.717) is 12.5 Å². The summed E-state index contributed by atoms with van der Waals surface area (Å²) in [6.07, 6.45) is 6.73. The summed E-state index contributed by atoms with van der Waals surface area (Å²) in [4.78, 5) is 0. The van der Waals surface area contributed by atoms with Gasteiger partial charge in [0.2, 0.25) is 0 Å². The van der Waals surface area contributed by atoms with Gasteiger partial charge in [-0.15, -0.1) is 0 Å². The van der Waals surface area contributed by atoms with Crippen molar-refractivity contribution < 1.29 is 14.2 Å². The van der Waals surface area contributed by atoms with Gasteiger partial charge in [0.15, 0.2) is 5.79 Å². The summed E-state index contributed by atoms with van der Waals surface area (Å²) in [5.41, 5.74) is 0.0967. The van der Waals surface area contributed by atoms with Crippen LogP contribution in [0, 0.1) is 11.3 Å². The first kappa shape index (κ1) is 7.85. The maximum Gasteiger partial charge on any atom is 0.194 e. The lowest BCUT2D eigenvalue weighted by molar-refractivity contribution is -0.211. The molecule has 0 aromatic carbocycles. The van der Waals surface area contributed by atoms with Gasteiger partial charge in [0.1, 0.15) is 5.60 Å². The highest BCUT2D eigenvalue weighted by Gasteiger charge is 2.79. The van der Waals surface area contributed by atoms with Crippen LogP contribution in [-0.2, 0) is 14.2 Å². The molecule has 2 bridgehead atoms. The summed E-state index contributed by atoms with van der Waals surface area (Å²) in [5, 5.41) is 0. The lowest BCUT2D eigenvalue weighted by Crippen LogP contribution is -2.40. The molecule has 3 nitrogen and oxygen atoms in total. The molecule has 14 heavy (non-hydrogen) atoms. The monoisotopic (exact) mass is 194 g/mol. The Hall–Kier alpha value is -0.380. The standard InChI is InChI=1S/C11H14O3/c1-12-11-5-4-10(14-11)7-13-6-8(10)9(11)2-3-9/h4-5,8H,2-3,6-7H2,1H3/t8-,10-,11-/m1/s1. The summed E-state index contributed by atoms with van der Waals surface area (Å²) < 4.78 is 17.3. The number of ether oxygens (including phenoxy) is 3. The smallest absolute Gasteiger partial charge is 0.194 e. The Bertz CT molecular complexity index is 333. The first-order chi connectivity index (χ1) is 6.77. The number of methoxy groups -OCH3 is 1. The van der Waals surface area contributed by atoms with Crippen molar-refractivity contribution in [2.45, 2.75) is 24.2 Å². The highest BCUT2D eigenvalue weighted by atomic mass is 16.7. The Morgan fingerprint density at radius 1 is 1.36 bits per heavy atom. The topological polar surface area (TPSA) is 27.7 Å². The van der Waals surface area contributed by atoms with Crippen molar-refractivity contribution in [1.82, 2.24) is 0 Å². The molecule has 1 aliphatic carbocycles. The van der Waals surface area contributed by atoms with E-state index in [4.69, 9.17) is 14.2 Å². The van der Waals surface area contributed by atoms with E-state index >= 15 is 0 Å². The van der Waals surface area contributed by atoms with Crippen LogP contribution in [0.25, 0.3) is 0 Å². The van der Waals surface area contributed by atoms with E-state index in [1.165, 1.54) is 12.8 Å². The van der Waals surface area contributed by atoms with Gasteiger partial charge in [-0.1, -0.05) is 0 Å². The van der Waals surface area contributed by atoms with E-state index in [9.17, 15) is 0 Å². The molecule has 0 radical (unpaired) electrons. The third-order valence-corrected chi connectivity index (χ3v) is 4.58. The minimum Gasteiger partial charge on any atom is -0.378 e. The van der Waals surface area contributed by atoms with Gasteiger partial charge in [-0.3, -0.25) is 0 Å². The highest BCUT2D eigenvalue weighted by Crippen LogP contribution is 2.73. The van der Waals surface area contributed by atoms with Crippen LogP contribution in [-0.4, -0.2) is 31.7 Å². The van der Waals surface area contributed by atoms with Crippen molar-refractivity contribution in [3.63, 3.8) is 0 Å². The summed E-state index contributed by atoms with van der Waals surface area (Å²) >= 11 is 0. The molecule has 76 valence electrons. The van der Waals surface area contributed by atoms with Crippen LogP contribution in [0.5, 0.6) is 0 Å². The van der Waals surface area contributed by atoms with Crippen LogP contribution in [0.2, 0.25) is 0 Å². The van der Waals surface area contributed by atoms with Crippen molar-refractivity contribution in [3.05, 3.63) is 12.2 Å². The molecule has 0 amide bonds. The van der Waals surface area contributed by atoms with Crippen molar-refractivity contribution in [2.24, 2.45) is 11.3 Å². The highest BCUT2D eigenvalue weighted by molar-refractivity contribution is 5.36. The molecule has 3 heterocycles. The Labute approximate surface area is 83.0 Å². The summed E-state index contributed by atoms with van der Waals surface area (Å²) in [6, 6.07) is 0. The Morgan fingerprint density at radius 2 is 2.21 bits per heavy atom. The number of fused-ring (bicyclic) bond motifs is 3. The second-order valence-electron chi connectivity index (χ2n) is 4.99. The zero-order valence-electron chi connectivity index (χ0n) is 8.29. The van der Waals surface area contributed by atoms with Crippen molar-refractivity contribution in [1.29, 1.82) is 0 Å². The molecule has 3 atom stereocenters. The molecule has 1 saturated carbocycles. The quantitative estimate of drug-likeness (QED) is 0.585. The summed E-state index contributed by atoms with van der Waals surface area (Å²) in [5.74, 6) is 0.112. The predicted molar refractivity (Wildman–Crippen MR) is 48.7 cm³/mol. The predicted octanol–water partition coefficient (Wildman–Crippen LogP) is 1.09. The molecule has 3 aliphatic heterocycles. The SMILES string of the molecule is CO[C@@]12C=C[C@]3(COC[C@@H]3C13CC3)O2. The zero-order valence-corrected chi connectivity index (χ0v) is 8.29. The fraction of sp³-hybridized carbons (Fsp3) is 0.818. The normalized spacial score (nSPS) is 55.6. The van der Waals surface area contributed by atoms with Crippen LogP contribution in [0.15, 0.2) is 12.2 Å². The van der Waals surface area contributed by atoms with Gasteiger partial charge in [-0.25, -0.2) is 0 Å². The fourth-order valence-electron chi connectivity index (χ4n) is 3.73. The molecule has 3 fully saturated rings. The molecule has 2 spiro atoms. The Morgan fingerprint density at radius 3 is 2.93 bits per heavy atom. The zero-order chi connectivity index (χ0) is 9.44. The number of hydrogen-bond donors (Lipinski definition) is 0. The molecule has 0 unspecified atom stereocenters. The first-order valence-electron chi connectivity index (χ1n) is 5.30. The van der Waals surface area contributed by atoms with E-state index in [2.05, 4.69) is 12.2 Å². The second kappa shape index (κ2) is 1.94. The summed E-state index contributed by atoms with van der Waals surface area (Å²) in [6.45, 7) is 1.55. The average molecular weight is 194 g/mol. The Balaban J connectivity index is 1.91. The number of rotatable bonds is 1. The van der Waals surface area contributed by atoms with E-state index in [1.54, 1.807) is 7.11 Å². The molecule has 0 N–H and O–H groups in total. The molecule has 3 heteroatoms. The molecule has 4 rings (SSSR count). The van der Waals surface area contributed by atoms with Crippen LogP contribution in [0.1, 0.15) is 12.8 Å². The van der Waals surface area contributed by atoms with Gasteiger partial charge in [0.25, 0.3) is 0 Å². The average Bonchev–Trinajstić information content (AvgIpc) is 2.69. The minimum absolute atomic E-state index is 0.146. The molecule has 0 aromatic rings. The third-order valence-electron chi connectivity index (χ3n) is 4.58. The van der Waals surface area contributed by atoms with Crippen LogP contribution >= 0.6 is 0 Å². The van der Waals surface area contributed by atoms with Gasteiger partial charge in [0.05, 0.1) is 13.2 Å². The third kappa shape index (κ3) is 0.554. The maximum atomic E-state index is 6.14. The largest absolute Gasteiger partial charge is 0.378 e. The maximum absolute atomic E-state index is 6.14. The van der Waals surface area contributed by atoms with Crippen LogP contribution < -0.4 is 0 Å². The van der Waals surface area contributed by atoms with Crippen molar-refractivity contribution in [3.8, 4) is 0 Å². The molecule has 2 saturated heterocycles. The fourth-order valence-corrected chi connectivity index (χ4v) is 3.73. The van der Waals surface area contributed by atoms with Gasteiger partial charge in [-0.05, 0) is 25.0 Å². The van der Waals surface area contributed by atoms with Crippen LogP contribution in [0.3, 0.4) is 0 Å². The second-order valence-corrected chi connectivity index (χ2v) is 4.99. The number of hydrogen-bond acceptors (Lipinski definition) is 3. The van der Waals surface area contributed by atoms with Crippen molar-refractivity contribution in [2.75, 3.05) is 20.3 Å². The van der Waals surface area contributed by atoms with Crippen molar-refractivity contribution >= 4 is 0 Å². The van der Waals surface area contributed by atoms with E-state index < -0.39 is 5.79 Å².